The van der Waals surface area contributed by atoms with E-state index in [4.69, 9.17) is 0 Å². The summed E-state index contributed by atoms with van der Waals surface area (Å²) < 4.78 is 116. The Morgan fingerprint density at radius 1 is 0.900 bits per heavy atom. The highest BCUT2D eigenvalue weighted by molar-refractivity contribution is 7.53. The molecule has 0 aliphatic heterocycles. The lowest BCUT2D eigenvalue weighted by Crippen LogP contribution is -2.34. The van der Waals surface area contributed by atoms with Crippen molar-refractivity contribution in [1.82, 2.24) is 0 Å². The quantitative estimate of drug-likeness (QED) is 0.470. The molecule has 3 nitrogen and oxygen atoms in total. The average Bonchev–Trinajstić information content (AvgIpc) is 2.34. The molecule has 0 unspecified atom stereocenters. The molecule has 0 heterocycles. The molecule has 0 saturated heterocycles. The molecule has 0 spiro atoms. The second-order valence-electron chi connectivity index (χ2n) is 3.60. The molecule has 0 N–H and O–H groups in total. The first-order chi connectivity index (χ1) is 8.86. The molecular formula is C8H11F8O3P. The van der Waals surface area contributed by atoms with Gasteiger partial charge in [0.1, 0.15) is 13.2 Å². The summed E-state index contributed by atoms with van der Waals surface area (Å²) in [6.45, 7) is -3.09. The summed E-state index contributed by atoms with van der Waals surface area (Å²) in [4.78, 5) is 0. The predicted molar refractivity (Wildman–Crippen MR) is 52.0 cm³/mol. The van der Waals surface area contributed by atoms with Crippen LogP contribution in [0.4, 0.5) is 35.1 Å². The predicted octanol–water partition coefficient (Wildman–Crippen LogP) is 4.03. The molecule has 0 aromatic rings. The van der Waals surface area contributed by atoms with Crippen LogP contribution in [0, 0.1) is 0 Å². The fraction of sp³-hybridized carbons (Fsp3) is 1.00. The van der Waals surface area contributed by atoms with Gasteiger partial charge in [0.25, 0.3) is 0 Å². The topological polar surface area (TPSA) is 35.5 Å². The molecule has 0 rings (SSSR count). The maximum absolute atomic E-state index is 12.5. The first-order valence-electron chi connectivity index (χ1n) is 5.06. The lowest BCUT2D eigenvalue weighted by atomic mass is 10.4. The molecule has 0 aromatic carbocycles. The second kappa shape index (κ2) is 7.04. The van der Waals surface area contributed by atoms with Crippen LogP contribution in [-0.4, -0.2) is 44.1 Å². The smallest absolute Gasteiger partial charge is 0.302 e. The highest BCUT2D eigenvalue weighted by Crippen LogP contribution is 2.50. The molecule has 20 heavy (non-hydrogen) atoms. The van der Waals surface area contributed by atoms with E-state index in [2.05, 4.69) is 9.05 Å². The number of hydrogen-bond donors (Lipinski definition) is 0. The lowest BCUT2D eigenvalue weighted by molar-refractivity contribution is -0.158. The maximum atomic E-state index is 12.5. The minimum atomic E-state index is -4.67. The van der Waals surface area contributed by atoms with Gasteiger partial charge in [-0.25, -0.2) is 17.6 Å². The van der Waals surface area contributed by atoms with Crippen molar-refractivity contribution < 1.29 is 48.7 Å². The summed E-state index contributed by atoms with van der Waals surface area (Å²) in [5, 5.41) is 0. The van der Waals surface area contributed by atoms with Crippen molar-refractivity contribution in [2.45, 2.75) is 31.6 Å². The molecule has 122 valence electrons. The van der Waals surface area contributed by atoms with Crippen LogP contribution in [0.2, 0.25) is 0 Å². The summed E-state index contributed by atoms with van der Waals surface area (Å²) in [5.74, 6) is -9.33. The Hall–Kier alpha value is -0.410. The summed E-state index contributed by atoms with van der Waals surface area (Å²) in [5.41, 5.74) is 0. The van der Waals surface area contributed by atoms with E-state index in [0.29, 0.717) is 0 Å². The van der Waals surface area contributed by atoms with Gasteiger partial charge in [-0.1, -0.05) is 6.92 Å². The zero-order valence-electron chi connectivity index (χ0n) is 9.97. The lowest BCUT2D eigenvalue weighted by Gasteiger charge is -2.23. The first-order valence-corrected chi connectivity index (χ1v) is 6.79. The third kappa shape index (κ3) is 5.92. The highest BCUT2D eigenvalue weighted by atomic mass is 31.2. The van der Waals surface area contributed by atoms with Crippen molar-refractivity contribution >= 4 is 7.60 Å². The third-order valence-corrected chi connectivity index (χ3v) is 3.75. The van der Waals surface area contributed by atoms with Crippen LogP contribution in [0.15, 0.2) is 0 Å². The highest BCUT2D eigenvalue weighted by Gasteiger charge is 2.46. The van der Waals surface area contributed by atoms with E-state index in [1.165, 1.54) is 0 Å². The standard InChI is InChI=1S/C8H11F8O3P/c1-2-20(17,18-3-7(13,14)5(9)10)19-4-8(15,16)6(11)12/h5-6H,2-4H2,1H3. The first kappa shape index (κ1) is 19.6. The van der Waals surface area contributed by atoms with Crippen LogP contribution in [0.1, 0.15) is 6.92 Å². The largest absolute Gasteiger partial charge is 0.330 e. The van der Waals surface area contributed by atoms with Crippen molar-refractivity contribution in [3.63, 3.8) is 0 Å². The van der Waals surface area contributed by atoms with E-state index in [1.54, 1.807) is 0 Å². The van der Waals surface area contributed by atoms with Gasteiger partial charge in [0.15, 0.2) is 0 Å². The van der Waals surface area contributed by atoms with Gasteiger partial charge >= 0.3 is 32.3 Å². The Balaban J connectivity index is 4.61. The minimum Gasteiger partial charge on any atom is -0.302 e. The second-order valence-corrected chi connectivity index (χ2v) is 5.97. The molecule has 0 fully saturated rings. The van der Waals surface area contributed by atoms with Crippen LogP contribution >= 0.6 is 7.60 Å². The SMILES string of the molecule is CCP(=O)(OCC(F)(F)C(F)F)OCC(F)(F)C(F)F. The summed E-state index contributed by atoms with van der Waals surface area (Å²) >= 11 is 0. The summed E-state index contributed by atoms with van der Waals surface area (Å²) in [7, 11) is -4.60. The van der Waals surface area contributed by atoms with E-state index < -0.39 is 51.7 Å². The molecule has 0 aromatic heterocycles. The van der Waals surface area contributed by atoms with E-state index in [0.717, 1.165) is 6.92 Å². The molecule has 0 amide bonds. The van der Waals surface area contributed by atoms with Gasteiger partial charge in [-0.2, -0.15) is 17.6 Å². The number of rotatable bonds is 9. The van der Waals surface area contributed by atoms with Crippen LogP contribution in [0.5, 0.6) is 0 Å². The molecule has 12 heteroatoms. The van der Waals surface area contributed by atoms with Crippen molar-refractivity contribution in [2.24, 2.45) is 0 Å². The van der Waals surface area contributed by atoms with Gasteiger partial charge in [-0.05, 0) is 0 Å². The Labute approximate surface area is 108 Å². The van der Waals surface area contributed by atoms with Crippen LogP contribution in [-0.2, 0) is 13.6 Å². The minimum absolute atomic E-state index is 0.731. The van der Waals surface area contributed by atoms with E-state index >= 15 is 0 Å². The van der Waals surface area contributed by atoms with Gasteiger partial charge in [0.2, 0.25) is 0 Å². The maximum Gasteiger partial charge on any atom is 0.330 e. The zero-order chi connectivity index (χ0) is 16.2. The van der Waals surface area contributed by atoms with Crippen LogP contribution < -0.4 is 0 Å². The van der Waals surface area contributed by atoms with Gasteiger partial charge in [-0.3, -0.25) is 4.57 Å². The molecule has 0 bridgehead atoms. The Morgan fingerprint density at radius 3 is 1.40 bits per heavy atom. The van der Waals surface area contributed by atoms with Gasteiger partial charge < -0.3 is 9.05 Å². The molecule has 0 aliphatic carbocycles. The van der Waals surface area contributed by atoms with E-state index in [9.17, 15) is 39.7 Å². The molecule has 0 saturated carbocycles. The molecule has 0 radical (unpaired) electrons. The molecular weight excluding hydrogens is 327 g/mol. The van der Waals surface area contributed by atoms with Gasteiger partial charge in [-0.15, -0.1) is 0 Å². The van der Waals surface area contributed by atoms with Crippen LogP contribution in [0.3, 0.4) is 0 Å². The number of halogens is 8. The fourth-order valence-corrected chi connectivity index (χ4v) is 1.89. The van der Waals surface area contributed by atoms with Gasteiger partial charge in [0.05, 0.1) is 0 Å². The summed E-state index contributed by atoms with van der Waals surface area (Å²) in [6.07, 6.45) is -8.99. The Kier molecular flexibility index (Phi) is 6.89. The van der Waals surface area contributed by atoms with Crippen LogP contribution in [0.25, 0.3) is 0 Å². The average molecular weight is 338 g/mol. The molecule has 0 atom stereocenters. The van der Waals surface area contributed by atoms with E-state index in [-0.39, 0.29) is 0 Å². The van der Waals surface area contributed by atoms with Crippen molar-refractivity contribution in [3.8, 4) is 0 Å². The van der Waals surface area contributed by atoms with E-state index in [1.807, 2.05) is 0 Å². The molecule has 0 aliphatic rings. The Morgan fingerprint density at radius 2 is 1.20 bits per heavy atom. The van der Waals surface area contributed by atoms with Gasteiger partial charge in [0, 0.05) is 6.16 Å². The fourth-order valence-electron chi connectivity index (χ4n) is 0.715. The monoisotopic (exact) mass is 338 g/mol. The zero-order valence-corrected chi connectivity index (χ0v) is 10.9. The number of alkyl halides is 8. The van der Waals surface area contributed by atoms with Crippen molar-refractivity contribution in [3.05, 3.63) is 0 Å². The number of hydrogen-bond acceptors (Lipinski definition) is 3. The van der Waals surface area contributed by atoms with Crippen molar-refractivity contribution in [1.29, 1.82) is 0 Å². The van der Waals surface area contributed by atoms with Crippen molar-refractivity contribution in [2.75, 3.05) is 19.4 Å². The summed E-state index contributed by atoms with van der Waals surface area (Å²) in [6, 6.07) is 0. The normalized spacial score (nSPS) is 14.3. The Bertz CT molecular complexity index is 321. The third-order valence-electron chi connectivity index (χ3n) is 1.93.